The molecule has 0 aliphatic carbocycles. The van der Waals surface area contributed by atoms with Crippen LogP contribution in [0, 0.1) is 6.92 Å². The number of amidine groups is 1. The SMILES string of the molecule is CCc1ccc(C=C2SC(=Nc3cccc(Cl)c3C)NC2=O)cc1. The van der Waals surface area contributed by atoms with Gasteiger partial charge in [-0.3, -0.25) is 4.79 Å². The van der Waals surface area contributed by atoms with Gasteiger partial charge in [-0.05, 0) is 60.0 Å². The van der Waals surface area contributed by atoms with Crippen LogP contribution < -0.4 is 5.32 Å². The number of rotatable bonds is 3. The molecular formula is C19H17ClN2OS. The molecule has 1 aliphatic rings. The molecule has 0 atom stereocenters. The van der Waals surface area contributed by atoms with Gasteiger partial charge in [-0.25, -0.2) is 4.99 Å². The second kappa shape index (κ2) is 7.24. The number of benzene rings is 2. The quantitative estimate of drug-likeness (QED) is 0.777. The van der Waals surface area contributed by atoms with Crippen LogP contribution in [0.15, 0.2) is 52.4 Å². The first-order valence-electron chi connectivity index (χ1n) is 7.70. The molecule has 1 heterocycles. The van der Waals surface area contributed by atoms with Crippen LogP contribution in [0.4, 0.5) is 5.69 Å². The summed E-state index contributed by atoms with van der Waals surface area (Å²) in [6.45, 7) is 4.03. The van der Waals surface area contributed by atoms with Gasteiger partial charge in [-0.1, -0.05) is 48.9 Å². The first-order valence-corrected chi connectivity index (χ1v) is 8.90. The zero-order valence-corrected chi connectivity index (χ0v) is 15.0. The Kier molecular flexibility index (Phi) is 5.07. The molecule has 1 saturated heterocycles. The standard InChI is InChI=1S/C19H17ClN2OS/c1-3-13-7-9-14(10-8-13)11-17-18(23)22-19(24-17)21-16-6-4-5-15(20)12(16)2/h4-11H,3H2,1-2H3,(H,21,22,23). The molecule has 5 heteroatoms. The van der Waals surface area contributed by atoms with Gasteiger partial charge in [0.1, 0.15) is 0 Å². The number of aryl methyl sites for hydroxylation is 1. The lowest BCUT2D eigenvalue weighted by molar-refractivity contribution is -0.115. The van der Waals surface area contributed by atoms with E-state index >= 15 is 0 Å². The summed E-state index contributed by atoms with van der Waals surface area (Å²) in [7, 11) is 0. The molecular weight excluding hydrogens is 340 g/mol. The Labute approximate surface area is 150 Å². The molecule has 1 fully saturated rings. The Bertz CT molecular complexity index is 841. The summed E-state index contributed by atoms with van der Waals surface area (Å²) in [4.78, 5) is 17.3. The highest BCUT2D eigenvalue weighted by Gasteiger charge is 2.24. The van der Waals surface area contributed by atoms with Crippen molar-refractivity contribution in [1.29, 1.82) is 0 Å². The Morgan fingerprint density at radius 1 is 1.21 bits per heavy atom. The molecule has 1 N–H and O–H groups in total. The lowest BCUT2D eigenvalue weighted by Gasteiger charge is -2.02. The average Bonchev–Trinajstić information content (AvgIpc) is 2.92. The highest BCUT2D eigenvalue weighted by molar-refractivity contribution is 8.18. The number of carbonyl (C=O) groups is 1. The van der Waals surface area contributed by atoms with Crippen LogP contribution in [-0.4, -0.2) is 11.1 Å². The average molecular weight is 357 g/mol. The first kappa shape index (κ1) is 16.8. The van der Waals surface area contributed by atoms with Gasteiger partial charge in [0, 0.05) is 5.02 Å². The summed E-state index contributed by atoms with van der Waals surface area (Å²) in [6.07, 6.45) is 2.88. The van der Waals surface area contributed by atoms with E-state index in [9.17, 15) is 4.79 Å². The van der Waals surface area contributed by atoms with Gasteiger partial charge in [-0.2, -0.15) is 0 Å². The number of halogens is 1. The summed E-state index contributed by atoms with van der Waals surface area (Å²) >= 11 is 7.45. The van der Waals surface area contributed by atoms with Gasteiger partial charge >= 0.3 is 0 Å². The fraction of sp³-hybridized carbons (Fsp3) is 0.158. The van der Waals surface area contributed by atoms with E-state index in [-0.39, 0.29) is 5.91 Å². The van der Waals surface area contributed by atoms with Crippen LogP contribution in [0.25, 0.3) is 6.08 Å². The van der Waals surface area contributed by atoms with Crippen molar-refractivity contribution in [2.45, 2.75) is 20.3 Å². The molecule has 0 bridgehead atoms. The molecule has 0 spiro atoms. The van der Waals surface area contributed by atoms with E-state index in [1.54, 1.807) is 0 Å². The van der Waals surface area contributed by atoms with E-state index in [1.165, 1.54) is 17.3 Å². The summed E-state index contributed by atoms with van der Waals surface area (Å²) in [6, 6.07) is 13.8. The van der Waals surface area contributed by atoms with Crippen molar-refractivity contribution in [2.24, 2.45) is 4.99 Å². The van der Waals surface area contributed by atoms with Crippen molar-refractivity contribution in [3.05, 3.63) is 69.1 Å². The van der Waals surface area contributed by atoms with Crippen LogP contribution in [0.1, 0.15) is 23.6 Å². The maximum Gasteiger partial charge on any atom is 0.264 e. The number of carbonyl (C=O) groups excluding carboxylic acids is 1. The minimum absolute atomic E-state index is 0.127. The van der Waals surface area contributed by atoms with E-state index in [0.29, 0.717) is 15.1 Å². The number of hydrogen-bond acceptors (Lipinski definition) is 3. The fourth-order valence-electron chi connectivity index (χ4n) is 2.31. The molecule has 2 aromatic carbocycles. The summed E-state index contributed by atoms with van der Waals surface area (Å²) in [5.74, 6) is -0.127. The zero-order valence-electron chi connectivity index (χ0n) is 13.5. The largest absolute Gasteiger partial charge is 0.300 e. The highest BCUT2D eigenvalue weighted by atomic mass is 35.5. The maximum atomic E-state index is 12.1. The van der Waals surface area contributed by atoms with Crippen molar-refractivity contribution in [3.63, 3.8) is 0 Å². The van der Waals surface area contributed by atoms with Crippen LogP contribution in [0.3, 0.4) is 0 Å². The zero-order chi connectivity index (χ0) is 17.1. The second-order valence-electron chi connectivity index (χ2n) is 5.46. The molecule has 0 unspecified atom stereocenters. The molecule has 0 aromatic heterocycles. The van der Waals surface area contributed by atoms with E-state index in [2.05, 4.69) is 29.4 Å². The van der Waals surface area contributed by atoms with Crippen molar-refractivity contribution in [2.75, 3.05) is 0 Å². The van der Waals surface area contributed by atoms with E-state index in [0.717, 1.165) is 23.2 Å². The van der Waals surface area contributed by atoms with Gasteiger partial charge in [0.15, 0.2) is 5.17 Å². The van der Waals surface area contributed by atoms with Gasteiger partial charge in [0.25, 0.3) is 5.91 Å². The van der Waals surface area contributed by atoms with Crippen molar-refractivity contribution < 1.29 is 4.79 Å². The molecule has 24 heavy (non-hydrogen) atoms. The number of nitrogens with zero attached hydrogens (tertiary/aromatic N) is 1. The molecule has 3 rings (SSSR count). The van der Waals surface area contributed by atoms with Crippen molar-refractivity contribution >= 4 is 46.2 Å². The van der Waals surface area contributed by atoms with Crippen LogP contribution >= 0.6 is 23.4 Å². The molecule has 1 amide bonds. The second-order valence-corrected chi connectivity index (χ2v) is 6.90. The third-order valence-corrected chi connectivity index (χ3v) is 5.12. The molecule has 1 aliphatic heterocycles. The Morgan fingerprint density at radius 2 is 1.96 bits per heavy atom. The number of amides is 1. The van der Waals surface area contributed by atoms with Crippen molar-refractivity contribution in [1.82, 2.24) is 5.32 Å². The minimum Gasteiger partial charge on any atom is -0.300 e. The Morgan fingerprint density at radius 3 is 2.67 bits per heavy atom. The van der Waals surface area contributed by atoms with Gasteiger partial charge in [0.2, 0.25) is 0 Å². The molecule has 0 radical (unpaired) electrons. The molecule has 2 aromatic rings. The summed E-state index contributed by atoms with van der Waals surface area (Å²) in [5.41, 5.74) is 3.94. The molecule has 122 valence electrons. The molecule has 0 saturated carbocycles. The third kappa shape index (κ3) is 3.71. The van der Waals surface area contributed by atoms with Gasteiger partial charge < -0.3 is 5.32 Å². The number of thioether (sulfide) groups is 1. The van der Waals surface area contributed by atoms with E-state index in [1.807, 2.05) is 43.3 Å². The van der Waals surface area contributed by atoms with Crippen molar-refractivity contribution in [3.8, 4) is 0 Å². The Hall–Kier alpha value is -2.04. The fourth-order valence-corrected chi connectivity index (χ4v) is 3.31. The summed E-state index contributed by atoms with van der Waals surface area (Å²) in [5, 5.41) is 4.04. The Balaban J connectivity index is 1.83. The third-order valence-electron chi connectivity index (χ3n) is 3.80. The van der Waals surface area contributed by atoms with Gasteiger partial charge in [0.05, 0.1) is 10.6 Å². The first-order chi connectivity index (χ1) is 11.6. The number of aliphatic imine (C=N–C) groups is 1. The predicted octanol–water partition coefficient (Wildman–Crippen LogP) is 5.10. The highest BCUT2D eigenvalue weighted by Crippen LogP contribution is 2.31. The lowest BCUT2D eigenvalue weighted by atomic mass is 10.1. The maximum absolute atomic E-state index is 12.1. The number of hydrogen-bond donors (Lipinski definition) is 1. The molecule has 3 nitrogen and oxygen atoms in total. The van der Waals surface area contributed by atoms with E-state index < -0.39 is 0 Å². The smallest absolute Gasteiger partial charge is 0.264 e. The van der Waals surface area contributed by atoms with Crippen LogP contribution in [0.5, 0.6) is 0 Å². The summed E-state index contributed by atoms with van der Waals surface area (Å²) < 4.78 is 0. The van der Waals surface area contributed by atoms with Crippen LogP contribution in [0.2, 0.25) is 5.02 Å². The minimum atomic E-state index is -0.127. The monoisotopic (exact) mass is 356 g/mol. The lowest BCUT2D eigenvalue weighted by Crippen LogP contribution is -2.19. The topological polar surface area (TPSA) is 41.5 Å². The van der Waals surface area contributed by atoms with Gasteiger partial charge in [-0.15, -0.1) is 0 Å². The van der Waals surface area contributed by atoms with E-state index in [4.69, 9.17) is 11.6 Å². The predicted molar refractivity (Wildman–Crippen MR) is 103 cm³/mol. The number of nitrogens with one attached hydrogen (secondary N) is 1. The van der Waals surface area contributed by atoms with Crippen LogP contribution in [-0.2, 0) is 11.2 Å². The normalized spacial score (nSPS) is 17.5.